The zero-order chi connectivity index (χ0) is 17.9. The molecular formula is C16H21N3O4S. The fourth-order valence-corrected chi connectivity index (χ4v) is 2.49. The van der Waals surface area contributed by atoms with Gasteiger partial charge in [-0.05, 0) is 57.3 Å². The molecule has 0 aromatic heterocycles. The number of benzene rings is 1. The van der Waals surface area contributed by atoms with Crippen molar-refractivity contribution in [1.82, 2.24) is 10.4 Å². The summed E-state index contributed by atoms with van der Waals surface area (Å²) in [5.74, 6) is 0.442. The number of nitrogens with one attached hydrogen (secondary N) is 1. The number of ether oxygens (including phenoxy) is 2. The van der Waals surface area contributed by atoms with E-state index in [-0.39, 0.29) is 17.4 Å². The van der Waals surface area contributed by atoms with Gasteiger partial charge >= 0.3 is 6.09 Å². The Morgan fingerprint density at radius 3 is 2.42 bits per heavy atom. The smallest absolute Gasteiger partial charge is 0.427 e. The van der Waals surface area contributed by atoms with Crippen molar-refractivity contribution in [3.63, 3.8) is 0 Å². The standard InChI is InChI=1S/C16H21N3O4S/c1-16(2,3)23-14(21)17-19-13(20)9-10-18(15(19)24)11-5-7-12(22-4)8-6-11/h5-8H,9-10H2,1-4H3,(H,17,21). The van der Waals surface area contributed by atoms with Crippen LogP contribution in [0.2, 0.25) is 0 Å². The molecule has 0 spiro atoms. The normalized spacial score (nSPS) is 15.3. The molecule has 1 aliphatic rings. The Morgan fingerprint density at radius 1 is 1.25 bits per heavy atom. The molecule has 1 saturated heterocycles. The van der Waals surface area contributed by atoms with Gasteiger partial charge in [-0.25, -0.2) is 10.2 Å². The van der Waals surface area contributed by atoms with E-state index < -0.39 is 11.7 Å². The quantitative estimate of drug-likeness (QED) is 0.844. The maximum absolute atomic E-state index is 12.1. The molecule has 0 atom stereocenters. The van der Waals surface area contributed by atoms with Gasteiger partial charge in [-0.3, -0.25) is 4.79 Å². The second-order valence-electron chi connectivity index (χ2n) is 6.23. The van der Waals surface area contributed by atoms with E-state index in [1.165, 1.54) is 0 Å². The highest BCUT2D eigenvalue weighted by molar-refractivity contribution is 7.80. The van der Waals surface area contributed by atoms with E-state index in [4.69, 9.17) is 21.7 Å². The zero-order valence-electron chi connectivity index (χ0n) is 14.2. The lowest BCUT2D eigenvalue weighted by atomic mass is 10.2. The number of carbonyl (C=O) groups is 2. The molecule has 1 aromatic carbocycles. The second-order valence-corrected chi connectivity index (χ2v) is 6.59. The first kappa shape index (κ1) is 18.0. The number of methoxy groups -OCH3 is 1. The second kappa shape index (κ2) is 7.04. The van der Waals surface area contributed by atoms with Crippen LogP contribution in [-0.2, 0) is 9.53 Å². The Balaban J connectivity index is 2.12. The average molecular weight is 351 g/mol. The lowest BCUT2D eigenvalue weighted by Gasteiger charge is -2.36. The number of anilines is 1. The van der Waals surface area contributed by atoms with Crippen LogP contribution in [0.15, 0.2) is 24.3 Å². The SMILES string of the molecule is COc1ccc(N2CCC(=O)N(NC(=O)OC(C)(C)C)C2=S)cc1. The van der Waals surface area contributed by atoms with Gasteiger partial charge < -0.3 is 14.4 Å². The van der Waals surface area contributed by atoms with Crippen LogP contribution >= 0.6 is 12.2 Å². The Kier molecular flexibility index (Phi) is 5.28. The number of thiocarbonyl (C=S) groups is 1. The molecule has 7 nitrogen and oxygen atoms in total. The molecule has 24 heavy (non-hydrogen) atoms. The third-order valence-corrected chi connectivity index (χ3v) is 3.61. The van der Waals surface area contributed by atoms with E-state index in [1.807, 2.05) is 12.1 Å². The summed E-state index contributed by atoms with van der Waals surface area (Å²) in [5.41, 5.74) is 2.56. The summed E-state index contributed by atoms with van der Waals surface area (Å²) >= 11 is 5.36. The van der Waals surface area contributed by atoms with E-state index in [1.54, 1.807) is 44.9 Å². The van der Waals surface area contributed by atoms with Gasteiger partial charge in [0.15, 0.2) is 0 Å². The summed E-state index contributed by atoms with van der Waals surface area (Å²) < 4.78 is 10.3. The summed E-state index contributed by atoms with van der Waals surface area (Å²) in [5, 5.41) is 1.25. The van der Waals surface area contributed by atoms with Gasteiger partial charge in [-0.15, -0.1) is 0 Å². The Morgan fingerprint density at radius 2 is 1.88 bits per heavy atom. The summed E-state index contributed by atoms with van der Waals surface area (Å²) in [7, 11) is 1.59. The van der Waals surface area contributed by atoms with Crippen molar-refractivity contribution in [3.05, 3.63) is 24.3 Å². The summed E-state index contributed by atoms with van der Waals surface area (Å²) in [4.78, 5) is 25.8. The van der Waals surface area contributed by atoms with Crippen LogP contribution in [0.3, 0.4) is 0 Å². The number of carbonyl (C=O) groups excluding carboxylic acids is 2. The van der Waals surface area contributed by atoms with Gasteiger partial charge in [0.2, 0.25) is 11.0 Å². The van der Waals surface area contributed by atoms with Crippen molar-refractivity contribution in [2.45, 2.75) is 32.8 Å². The number of hydrogen-bond acceptors (Lipinski definition) is 5. The first-order valence-electron chi connectivity index (χ1n) is 7.49. The third-order valence-electron chi connectivity index (χ3n) is 3.21. The summed E-state index contributed by atoms with van der Waals surface area (Å²) in [6, 6.07) is 7.29. The molecule has 130 valence electrons. The minimum atomic E-state index is -0.727. The van der Waals surface area contributed by atoms with Gasteiger partial charge in [0.1, 0.15) is 11.4 Å². The van der Waals surface area contributed by atoms with E-state index >= 15 is 0 Å². The molecule has 1 aromatic rings. The Hall–Kier alpha value is -2.35. The van der Waals surface area contributed by atoms with E-state index in [2.05, 4.69) is 5.43 Å². The molecule has 0 saturated carbocycles. The number of hydrazine groups is 1. The lowest BCUT2D eigenvalue weighted by Crippen LogP contribution is -2.59. The molecule has 1 N–H and O–H groups in total. The van der Waals surface area contributed by atoms with Gasteiger partial charge in [-0.1, -0.05) is 0 Å². The van der Waals surface area contributed by atoms with Gasteiger partial charge in [-0.2, -0.15) is 5.01 Å². The predicted octanol–water partition coefficient (Wildman–Crippen LogP) is 2.46. The highest BCUT2D eigenvalue weighted by Crippen LogP contribution is 2.23. The first-order chi connectivity index (χ1) is 11.2. The van der Waals surface area contributed by atoms with Gasteiger partial charge in [0.05, 0.1) is 7.11 Å². The number of rotatable bonds is 3. The Bertz CT molecular complexity index is 640. The molecule has 2 amide bonds. The largest absolute Gasteiger partial charge is 0.497 e. The number of amides is 2. The first-order valence-corrected chi connectivity index (χ1v) is 7.90. The minimum Gasteiger partial charge on any atom is -0.497 e. The van der Waals surface area contributed by atoms with Crippen LogP contribution in [0.1, 0.15) is 27.2 Å². The molecule has 1 aliphatic heterocycles. The molecular weight excluding hydrogens is 330 g/mol. The van der Waals surface area contributed by atoms with Crippen molar-refractivity contribution in [1.29, 1.82) is 0 Å². The van der Waals surface area contributed by atoms with Gasteiger partial charge in [0, 0.05) is 18.7 Å². The van der Waals surface area contributed by atoms with Crippen LogP contribution in [-0.4, -0.2) is 41.4 Å². The van der Waals surface area contributed by atoms with Crippen LogP contribution in [0.25, 0.3) is 0 Å². The number of hydrogen-bond donors (Lipinski definition) is 1. The maximum atomic E-state index is 12.1. The predicted molar refractivity (Wildman–Crippen MR) is 93.8 cm³/mol. The monoisotopic (exact) mass is 351 g/mol. The van der Waals surface area contributed by atoms with Crippen molar-refractivity contribution in [3.8, 4) is 5.75 Å². The fourth-order valence-electron chi connectivity index (χ4n) is 2.15. The third kappa shape index (κ3) is 4.35. The maximum Gasteiger partial charge on any atom is 0.427 e. The highest BCUT2D eigenvalue weighted by Gasteiger charge is 2.32. The molecule has 8 heteroatoms. The highest BCUT2D eigenvalue weighted by atomic mass is 32.1. The van der Waals surface area contributed by atoms with Crippen LogP contribution in [0, 0.1) is 0 Å². The van der Waals surface area contributed by atoms with Crippen LogP contribution in [0.5, 0.6) is 5.75 Å². The molecule has 1 heterocycles. The molecule has 1 fully saturated rings. The van der Waals surface area contributed by atoms with E-state index in [0.29, 0.717) is 6.54 Å². The zero-order valence-corrected chi connectivity index (χ0v) is 15.0. The summed E-state index contributed by atoms with van der Waals surface area (Å²) in [6.07, 6.45) is -0.503. The molecule has 0 unspecified atom stereocenters. The van der Waals surface area contributed by atoms with Crippen LogP contribution in [0.4, 0.5) is 10.5 Å². The topological polar surface area (TPSA) is 71.1 Å². The van der Waals surface area contributed by atoms with E-state index in [0.717, 1.165) is 16.4 Å². The van der Waals surface area contributed by atoms with Crippen molar-refractivity contribution < 1.29 is 19.1 Å². The van der Waals surface area contributed by atoms with Crippen molar-refractivity contribution in [2.24, 2.45) is 0 Å². The average Bonchev–Trinajstić information content (AvgIpc) is 2.50. The fraction of sp³-hybridized carbons (Fsp3) is 0.438. The van der Waals surface area contributed by atoms with Crippen molar-refractivity contribution in [2.75, 3.05) is 18.6 Å². The Labute approximate surface area is 146 Å². The van der Waals surface area contributed by atoms with Crippen LogP contribution < -0.4 is 15.1 Å². The number of nitrogens with zero attached hydrogens (tertiary/aromatic N) is 2. The van der Waals surface area contributed by atoms with Gasteiger partial charge in [0.25, 0.3) is 0 Å². The van der Waals surface area contributed by atoms with Crippen molar-refractivity contribution >= 4 is 35.0 Å². The summed E-state index contributed by atoms with van der Waals surface area (Å²) in [6.45, 7) is 5.67. The lowest BCUT2D eigenvalue weighted by molar-refractivity contribution is -0.130. The molecule has 0 aliphatic carbocycles. The molecule has 2 rings (SSSR count). The minimum absolute atomic E-state index is 0.197. The molecule has 0 radical (unpaired) electrons. The van der Waals surface area contributed by atoms with E-state index in [9.17, 15) is 9.59 Å². The molecule has 0 bridgehead atoms.